The molecule has 0 heterocycles. The van der Waals surface area contributed by atoms with E-state index in [4.69, 9.17) is 27.6 Å². The number of ether oxygens (including phenoxy) is 2. The molecule has 10 heteroatoms. The maximum absolute atomic E-state index is 14.2. The lowest BCUT2D eigenvalue weighted by atomic mass is 9.92. The highest BCUT2D eigenvalue weighted by Gasteiger charge is 2.38. The van der Waals surface area contributed by atoms with Crippen LogP contribution in [0, 0.1) is 27.7 Å². The Morgan fingerprint density at radius 2 is 0.861 bits per heavy atom. The molecule has 0 saturated carbocycles. The van der Waals surface area contributed by atoms with Crippen molar-refractivity contribution < 1.29 is 36.7 Å². The lowest BCUT2D eigenvalue weighted by molar-refractivity contribution is 0.228. The summed E-state index contributed by atoms with van der Waals surface area (Å²) in [7, 11) is -4.41. The second kappa shape index (κ2) is 12.7. The molecular weight excluding hydrogens is 502 g/mol. The monoisotopic (exact) mass is 542 g/mol. The molecule has 0 radical (unpaired) electrons. The largest absolute Gasteiger partial charge is 0.496 e. The van der Waals surface area contributed by atoms with Gasteiger partial charge in [-0.3, -0.25) is 9.13 Å². The zero-order valence-electron chi connectivity index (χ0n) is 23.1. The SMILES string of the molecule is CCOP(=O)(OCC)c1cc(C)c(OC)c(C)c1-c1c(P(=O)(OCC)OCC)cc(C)c(OC)c1C. The summed E-state index contributed by atoms with van der Waals surface area (Å²) in [4.78, 5) is 0. The summed E-state index contributed by atoms with van der Waals surface area (Å²) in [6.45, 7) is 15.3. The highest BCUT2D eigenvalue weighted by Crippen LogP contribution is 2.55. The Bertz CT molecular complexity index is 1060. The van der Waals surface area contributed by atoms with Crippen molar-refractivity contribution >= 4 is 25.8 Å². The van der Waals surface area contributed by atoms with Crippen molar-refractivity contribution in [3.8, 4) is 22.6 Å². The highest BCUT2D eigenvalue weighted by atomic mass is 31.2. The van der Waals surface area contributed by atoms with Crippen LogP contribution >= 0.6 is 15.2 Å². The zero-order valence-corrected chi connectivity index (χ0v) is 24.9. The van der Waals surface area contributed by atoms with Crippen molar-refractivity contribution in [3.63, 3.8) is 0 Å². The van der Waals surface area contributed by atoms with Gasteiger partial charge in [0.05, 0.1) is 51.3 Å². The molecule has 0 aliphatic rings. The molecule has 0 saturated heterocycles. The molecule has 202 valence electrons. The van der Waals surface area contributed by atoms with E-state index in [1.54, 1.807) is 54.0 Å². The number of methoxy groups -OCH3 is 2. The van der Waals surface area contributed by atoms with Crippen molar-refractivity contribution in [2.24, 2.45) is 0 Å². The molecule has 0 aliphatic carbocycles. The van der Waals surface area contributed by atoms with Gasteiger partial charge in [-0.1, -0.05) is 0 Å². The van der Waals surface area contributed by atoms with Crippen LogP contribution in [0.15, 0.2) is 12.1 Å². The molecule has 0 unspecified atom stereocenters. The van der Waals surface area contributed by atoms with Crippen LogP contribution in [0.1, 0.15) is 49.9 Å². The van der Waals surface area contributed by atoms with Crippen LogP contribution in [-0.2, 0) is 27.2 Å². The van der Waals surface area contributed by atoms with Gasteiger partial charge in [-0.05, 0) is 78.6 Å². The van der Waals surface area contributed by atoms with Crippen LogP contribution in [0.5, 0.6) is 11.5 Å². The average molecular weight is 543 g/mol. The molecule has 0 N–H and O–H groups in total. The van der Waals surface area contributed by atoms with Crippen LogP contribution in [-0.4, -0.2) is 40.6 Å². The van der Waals surface area contributed by atoms with Crippen LogP contribution in [0.2, 0.25) is 0 Å². The minimum atomic E-state index is -3.78. The van der Waals surface area contributed by atoms with Gasteiger partial charge in [-0.15, -0.1) is 0 Å². The topological polar surface area (TPSA) is 89.5 Å². The average Bonchev–Trinajstić information content (AvgIpc) is 2.80. The lowest BCUT2D eigenvalue weighted by Crippen LogP contribution is -2.22. The standard InChI is InChI=1S/C26H40O8P2/c1-11-31-35(27,32-12-2)21-15-17(5)25(29-9)19(7)23(21)24-20(8)26(30-10)18(6)16-22(24)36(28,33-13-3)34-14-4/h15-16H,11-14H2,1-10H3. The van der Waals surface area contributed by atoms with E-state index in [2.05, 4.69) is 0 Å². The van der Waals surface area contributed by atoms with Crippen molar-refractivity contribution in [1.29, 1.82) is 0 Å². The van der Waals surface area contributed by atoms with Crippen molar-refractivity contribution in [1.82, 2.24) is 0 Å². The fourth-order valence-corrected chi connectivity index (χ4v) is 8.49. The number of benzene rings is 2. The van der Waals surface area contributed by atoms with Gasteiger partial charge in [-0.2, -0.15) is 0 Å². The van der Waals surface area contributed by atoms with E-state index in [-0.39, 0.29) is 26.4 Å². The molecule has 2 aromatic rings. The fourth-order valence-electron chi connectivity index (χ4n) is 4.61. The summed E-state index contributed by atoms with van der Waals surface area (Å²) in [5.74, 6) is 1.22. The molecule has 0 fully saturated rings. The van der Waals surface area contributed by atoms with E-state index in [1.165, 1.54) is 0 Å². The first-order valence-electron chi connectivity index (χ1n) is 12.2. The Balaban J connectivity index is 3.24. The third-order valence-electron chi connectivity index (χ3n) is 5.81. The Hall–Kier alpha value is -1.66. The van der Waals surface area contributed by atoms with Gasteiger partial charge in [0.2, 0.25) is 0 Å². The molecule has 8 nitrogen and oxygen atoms in total. The Kier molecular flexibility index (Phi) is 10.8. The Labute approximate surface area is 215 Å². The molecule has 0 amide bonds. The van der Waals surface area contributed by atoms with E-state index in [1.807, 2.05) is 27.7 Å². The van der Waals surface area contributed by atoms with Gasteiger partial charge in [0, 0.05) is 22.3 Å². The van der Waals surface area contributed by atoms with Crippen LogP contribution in [0.25, 0.3) is 11.1 Å². The van der Waals surface area contributed by atoms with E-state index in [0.29, 0.717) is 44.4 Å². The third-order valence-corrected chi connectivity index (χ3v) is 10.1. The molecule has 2 rings (SSSR count). The molecule has 0 atom stereocenters. The van der Waals surface area contributed by atoms with Crippen molar-refractivity contribution in [2.75, 3.05) is 40.6 Å². The molecular formula is C26H40O8P2. The molecule has 36 heavy (non-hydrogen) atoms. The van der Waals surface area contributed by atoms with Gasteiger partial charge >= 0.3 is 15.2 Å². The number of aryl methyl sites for hydroxylation is 2. The normalized spacial score (nSPS) is 12.2. The first-order valence-corrected chi connectivity index (χ1v) is 15.2. The lowest BCUT2D eigenvalue weighted by Gasteiger charge is -2.28. The summed E-state index contributed by atoms with van der Waals surface area (Å²) in [6.07, 6.45) is 0. The summed E-state index contributed by atoms with van der Waals surface area (Å²) >= 11 is 0. The maximum atomic E-state index is 14.2. The number of hydrogen-bond donors (Lipinski definition) is 0. The number of rotatable bonds is 13. The Morgan fingerprint density at radius 3 is 1.08 bits per heavy atom. The van der Waals surface area contributed by atoms with E-state index >= 15 is 0 Å². The smallest absolute Gasteiger partial charge is 0.361 e. The van der Waals surface area contributed by atoms with Crippen molar-refractivity contribution in [3.05, 3.63) is 34.4 Å². The summed E-state index contributed by atoms with van der Waals surface area (Å²) < 4.78 is 63.0. The fraction of sp³-hybridized carbons (Fsp3) is 0.538. The van der Waals surface area contributed by atoms with E-state index in [9.17, 15) is 9.13 Å². The minimum Gasteiger partial charge on any atom is -0.496 e. The second-order valence-corrected chi connectivity index (χ2v) is 12.1. The Morgan fingerprint density at radius 1 is 0.583 bits per heavy atom. The molecule has 0 spiro atoms. The first kappa shape index (κ1) is 30.6. The molecule has 0 aromatic heterocycles. The number of hydrogen-bond acceptors (Lipinski definition) is 8. The van der Waals surface area contributed by atoms with E-state index < -0.39 is 15.2 Å². The molecule has 0 aliphatic heterocycles. The third kappa shape index (κ3) is 5.75. The van der Waals surface area contributed by atoms with Gasteiger partial charge < -0.3 is 27.6 Å². The summed E-state index contributed by atoms with van der Waals surface area (Å²) in [5, 5.41) is 0.716. The van der Waals surface area contributed by atoms with Crippen LogP contribution in [0.3, 0.4) is 0 Å². The van der Waals surface area contributed by atoms with E-state index in [0.717, 1.165) is 11.1 Å². The van der Waals surface area contributed by atoms with Crippen molar-refractivity contribution in [2.45, 2.75) is 55.4 Å². The minimum absolute atomic E-state index is 0.181. The quantitative estimate of drug-likeness (QED) is 0.269. The highest BCUT2D eigenvalue weighted by molar-refractivity contribution is 7.63. The van der Waals surface area contributed by atoms with Gasteiger partial charge in [-0.25, -0.2) is 0 Å². The first-order chi connectivity index (χ1) is 17.0. The predicted octanol–water partition coefficient (Wildman–Crippen LogP) is 6.39. The van der Waals surface area contributed by atoms with Gasteiger partial charge in [0.25, 0.3) is 0 Å². The maximum Gasteiger partial charge on any atom is 0.361 e. The second-order valence-electron chi connectivity index (χ2n) is 8.16. The predicted molar refractivity (Wildman–Crippen MR) is 145 cm³/mol. The van der Waals surface area contributed by atoms with Gasteiger partial charge in [0.15, 0.2) is 0 Å². The summed E-state index contributed by atoms with van der Waals surface area (Å²) in [6, 6.07) is 3.52. The van der Waals surface area contributed by atoms with Gasteiger partial charge in [0.1, 0.15) is 11.5 Å². The molecule has 2 aromatic carbocycles. The van der Waals surface area contributed by atoms with Crippen LogP contribution in [0.4, 0.5) is 0 Å². The molecule has 0 bridgehead atoms. The summed E-state index contributed by atoms with van der Waals surface area (Å²) in [5.41, 5.74) is 4.00. The zero-order chi connectivity index (χ0) is 27.3. The van der Waals surface area contributed by atoms with Crippen LogP contribution < -0.4 is 20.1 Å².